The fourth-order valence-corrected chi connectivity index (χ4v) is 0.406. The van der Waals surface area contributed by atoms with Gasteiger partial charge < -0.3 is 7.59 Å². The third-order valence-electron chi connectivity index (χ3n) is 0.755. The molecule has 0 saturated carbocycles. The van der Waals surface area contributed by atoms with Gasteiger partial charge in [0, 0.05) is 0 Å². The molecule has 0 aromatic heterocycles. The maximum atomic E-state index is 10.5. The normalized spacial score (nSPS) is 7.73. The third-order valence-corrected chi connectivity index (χ3v) is 0.755. The first-order chi connectivity index (χ1) is 4.66. The molecule has 0 bridgehead atoms. The second-order valence-electron chi connectivity index (χ2n) is 1.85. The van der Waals surface area contributed by atoms with E-state index in [0.29, 0.717) is 0 Å². The number of Topliss-reactive ketones (excluding diaryl/α,β-unsaturated/α-hetero) is 1. The maximum Gasteiger partial charge on any atom is 2.00 e. The standard InChI is InChI=1S/C7H10O3.Mg.2H/c1-3-4-10-7(9)5-6(2)8;;;/h3H,1,4-5H2,2H3;;;/q;+2;2*-1. The SMILES string of the molecule is C=CCOC(=O)CC(C)=O.[H-].[H-].[Mg+2]. The summed E-state index contributed by atoms with van der Waals surface area (Å²) in [6.07, 6.45) is 1.31. The molecule has 0 aromatic rings. The summed E-state index contributed by atoms with van der Waals surface area (Å²) in [4.78, 5) is 20.8. The Kier molecular flexibility index (Phi) is 9.34. The van der Waals surface area contributed by atoms with E-state index in [-0.39, 0.29) is 44.7 Å². The van der Waals surface area contributed by atoms with E-state index < -0.39 is 5.97 Å². The van der Waals surface area contributed by atoms with Crippen LogP contribution in [0.25, 0.3) is 0 Å². The largest absolute Gasteiger partial charge is 2.00 e. The molecule has 4 heteroatoms. The van der Waals surface area contributed by atoms with Gasteiger partial charge in [-0.1, -0.05) is 12.7 Å². The Morgan fingerprint density at radius 2 is 2.18 bits per heavy atom. The van der Waals surface area contributed by atoms with Gasteiger partial charge in [0.25, 0.3) is 0 Å². The van der Waals surface area contributed by atoms with Crippen LogP contribution in [0.2, 0.25) is 0 Å². The number of carbonyl (C=O) groups is 2. The molecule has 11 heavy (non-hydrogen) atoms. The van der Waals surface area contributed by atoms with Gasteiger partial charge in [-0.05, 0) is 6.92 Å². The third kappa shape index (κ3) is 9.65. The molecule has 0 amide bonds. The van der Waals surface area contributed by atoms with Crippen molar-refractivity contribution in [3.63, 3.8) is 0 Å². The van der Waals surface area contributed by atoms with Crippen LogP contribution in [-0.2, 0) is 14.3 Å². The molecular weight excluding hydrogens is 156 g/mol. The zero-order valence-electron chi connectivity index (χ0n) is 8.63. The Morgan fingerprint density at radius 3 is 2.55 bits per heavy atom. The Morgan fingerprint density at radius 1 is 1.64 bits per heavy atom. The van der Waals surface area contributed by atoms with Gasteiger partial charge >= 0.3 is 29.0 Å². The molecule has 3 nitrogen and oxygen atoms in total. The smallest absolute Gasteiger partial charge is 1.00 e. The fraction of sp³-hybridized carbons (Fsp3) is 0.429. The first kappa shape index (κ1) is 13.3. The minimum atomic E-state index is -0.493. The van der Waals surface area contributed by atoms with Crippen LogP contribution < -0.4 is 0 Å². The summed E-state index contributed by atoms with van der Waals surface area (Å²) in [5.74, 6) is -0.679. The molecular formula is C7H12MgO3. The van der Waals surface area contributed by atoms with Crippen LogP contribution in [0.1, 0.15) is 16.2 Å². The molecule has 0 saturated heterocycles. The molecule has 0 radical (unpaired) electrons. The van der Waals surface area contributed by atoms with Crippen LogP contribution >= 0.6 is 0 Å². The van der Waals surface area contributed by atoms with Crippen LogP contribution in [-0.4, -0.2) is 41.4 Å². The van der Waals surface area contributed by atoms with E-state index in [2.05, 4.69) is 11.3 Å². The summed E-state index contributed by atoms with van der Waals surface area (Å²) in [6.45, 7) is 4.86. The molecule has 0 heterocycles. The molecule has 60 valence electrons. The number of rotatable bonds is 4. The zero-order valence-corrected chi connectivity index (χ0v) is 8.04. The van der Waals surface area contributed by atoms with E-state index in [0.717, 1.165) is 0 Å². The second-order valence-corrected chi connectivity index (χ2v) is 1.85. The number of esters is 1. The monoisotopic (exact) mass is 168 g/mol. The fourth-order valence-electron chi connectivity index (χ4n) is 0.406. The van der Waals surface area contributed by atoms with Gasteiger partial charge in [-0.2, -0.15) is 0 Å². The van der Waals surface area contributed by atoms with Crippen LogP contribution in [0.15, 0.2) is 12.7 Å². The molecule has 0 fully saturated rings. The number of carbonyl (C=O) groups excluding carboxylic acids is 2. The van der Waals surface area contributed by atoms with Crippen molar-refractivity contribution in [2.45, 2.75) is 13.3 Å². The van der Waals surface area contributed by atoms with Crippen molar-refractivity contribution in [1.82, 2.24) is 0 Å². The molecule has 0 aliphatic heterocycles. The van der Waals surface area contributed by atoms with E-state index in [9.17, 15) is 9.59 Å². The van der Waals surface area contributed by atoms with Gasteiger partial charge in [-0.3, -0.25) is 9.59 Å². The number of hydrogen-bond acceptors (Lipinski definition) is 3. The van der Waals surface area contributed by atoms with Gasteiger partial charge in [0.05, 0.1) is 0 Å². The Labute approximate surface area is 84.9 Å². The summed E-state index contributed by atoms with van der Waals surface area (Å²) in [6, 6.07) is 0. The first-order valence-electron chi connectivity index (χ1n) is 2.92. The van der Waals surface area contributed by atoms with Gasteiger partial charge in [0.1, 0.15) is 18.8 Å². The van der Waals surface area contributed by atoms with Crippen molar-refractivity contribution in [3.05, 3.63) is 12.7 Å². The average Bonchev–Trinajstić information content (AvgIpc) is 1.82. The van der Waals surface area contributed by atoms with Gasteiger partial charge in [-0.25, -0.2) is 0 Å². The van der Waals surface area contributed by atoms with Crippen molar-refractivity contribution >= 4 is 34.8 Å². The summed E-state index contributed by atoms with van der Waals surface area (Å²) < 4.78 is 4.52. The van der Waals surface area contributed by atoms with Gasteiger partial charge in [0.15, 0.2) is 0 Å². The summed E-state index contributed by atoms with van der Waals surface area (Å²) >= 11 is 0. The van der Waals surface area contributed by atoms with Crippen molar-refractivity contribution in [2.24, 2.45) is 0 Å². The molecule has 0 unspecified atom stereocenters. The molecule has 0 aliphatic rings. The van der Waals surface area contributed by atoms with Crippen molar-refractivity contribution in [1.29, 1.82) is 0 Å². The maximum absolute atomic E-state index is 10.5. The van der Waals surface area contributed by atoms with Gasteiger partial charge in [-0.15, -0.1) is 0 Å². The number of hydrogen-bond donors (Lipinski definition) is 0. The molecule has 0 rings (SSSR count). The quantitative estimate of drug-likeness (QED) is 0.266. The number of ether oxygens (including phenoxy) is 1. The molecule has 0 atom stereocenters. The average molecular weight is 168 g/mol. The molecule has 0 aliphatic carbocycles. The van der Waals surface area contributed by atoms with Crippen molar-refractivity contribution in [2.75, 3.05) is 6.61 Å². The van der Waals surface area contributed by atoms with Crippen LogP contribution in [0.4, 0.5) is 0 Å². The Balaban J connectivity index is -0.000000135. The topological polar surface area (TPSA) is 43.4 Å². The van der Waals surface area contributed by atoms with E-state index in [1.54, 1.807) is 0 Å². The summed E-state index contributed by atoms with van der Waals surface area (Å²) in [7, 11) is 0. The molecule has 0 aromatic carbocycles. The summed E-state index contributed by atoms with van der Waals surface area (Å²) in [5.41, 5.74) is 0. The number of ketones is 1. The van der Waals surface area contributed by atoms with E-state index >= 15 is 0 Å². The summed E-state index contributed by atoms with van der Waals surface area (Å²) in [5, 5.41) is 0. The minimum Gasteiger partial charge on any atom is -1.00 e. The van der Waals surface area contributed by atoms with Crippen LogP contribution in [0.5, 0.6) is 0 Å². The Hall–Kier alpha value is -0.354. The second kappa shape index (κ2) is 7.75. The predicted molar refractivity (Wildman–Crippen MR) is 44.4 cm³/mol. The van der Waals surface area contributed by atoms with Crippen molar-refractivity contribution in [3.8, 4) is 0 Å². The van der Waals surface area contributed by atoms with E-state index in [1.165, 1.54) is 13.0 Å². The molecule has 0 N–H and O–H groups in total. The van der Waals surface area contributed by atoms with E-state index in [1.807, 2.05) is 0 Å². The predicted octanol–water partition coefficient (Wildman–Crippen LogP) is 0.539. The first-order valence-corrected chi connectivity index (χ1v) is 2.92. The van der Waals surface area contributed by atoms with Crippen LogP contribution in [0.3, 0.4) is 0 Å². The Bertz CT molecular complexity index is 162. The van der Waals surface area contributed by atoms with Crippen molar-refractivity contribution < 1.29 is 17.2 Å². The van der Waals surface area contributed by atoms with Crippen LogP contribution in [0, 0.1) is 0 Å². The van der Waals surface area contributed by atoms with Gasteiger partial charge in [0.2, 0.25) is 0 Å². The molecule has 0 spiro atoms. The minimum absolute atomic E-state index is 0. The van der Waals surface area contributed by atoms with E-state index in [4.69, 9.17) is 0 Å². The zero-order chi connectivity index (χ0) is 7.98.